The third-order valence-electron chi connectivity index (χ3n) is 3.97. The van der Waals surface area contributed by atoms with Gasteiger partial charge in [0.15, 0.2) is 9.84 Å². The number of rotatable bonds is 6. The molecule has 0 fully saturated rings. The molecule has 8 nitrogen and oxygen atoms in total. The molecule has 2 amide bonds. The van der Waals surface area contributed by atoms with Crippen molar-refractivity contribution in [2.24, 2.45) is 0 Å². The van der Waals surface area contributed by atoms with Crippen molar-refractivity contribution < 1.29 is 21.6 Å². The molecule has 156 valence electrons. The van der Waals surface area contributed by atoms with Gasteiger partial charge in [-0.2, -0.15) is 0 Å². The third-order valence-corrected chi connectivity index (χ3v) is 6.49. The van der Waals surface area contributed by atoms with Crippen molar-refractivity contribution in [3.05, 3.63) is 78.9 Å². The lowest BCUT2D eigenvalue weighted by Gasteiger charge is -2.11. The van der Waals surface area contributed by atoms with Crippen LogP contribution in [-0.2, 0) is 19.9 Å². The van der Waals surface area contributed by atoms with Gasteiger partial charge in [-0.1, -0.05) is 24.3 Å². The molecule has 3 N–H and O–H groups in total. The van der Waals surface area contributed by atoms with Crippen molar-refractivity contribution in [2.75, 3.05) is 21.6 Å². The van der Waals surface area contributed by atoms with Gasteiger partial charge >= 0.3 is 6.03 Å². The van der Waals surface area contributed by atoms with Gasteiger partial charge in [-0.25, -0.2) is 21.6 Å². The average molecular weight is 446 g/mol. The van der Waals surface area contributed by atoms with Gasteiger partial charge in [0.2, 0.25) is 0 Å². The van der Waals surface area contributed by atoms with Crippen molar-refractivity contribution in [3.63, 3.8) is 0 Å². The number of hydrogen-bond donors (Lipinski definition) is 3. The van der Waals surface area contributed by atoms with E-state index in [4.69, 9.17) is 0 Å². The van der Waals surface area contributed by atoms with Crippen LogP contribution < -0.4 is 15.4 Å². The monoisotopic (exact) mass is 445 g/mol. The van der Waals surface area contributed by atoms with Crippen LogP contribution in [0.2, 0.25) is 0 Å². The highest BCUT2D eigenvalue weighted by molar-refractivity contribution is 7.92. The minimum atomic E-state index is -3.94. The van der Waals surface area contributed by atoms with Gasteiger partial charge in [0, 0.05) is 17.6 Å². The summed E-state index contributed by atoms with van der Waals surface area (Å²) in [5, 5.41) is 5.29. The molecule has 3 aromatic rings. The number of para-hydroxylation sites is 1. The Morgan fingerprint density at radius 1 is 0.667 bits per heavy atom. The summed E-state index contributed by atoms with van der Waals surface area (Å²) in [6, 6.07) is 19.5. The molecule has 0 unspecified atom stereocenters. The predicted octanol–water partition coefficient (Wildman–Crippen LogP) is 3.53. The number of hydrogen-bond acceptors (Lipinski definition) is 5. The number of sulfone groups is 1. The molecule has 0 heterocycles. The summed E-state index contributed by atoms with van der Waals surface area (Å²) < 4.78 is 50.6. The standard InChI is InChI=1S/C20H19N3O5S2/c1-29(25,26)18-10-12-19(13-11-18)30(27,28)23-17-9-5-8-16(14-17)22-20(24)21-15-6-3-2-4-7-15/h2-14,23H,1H3,(H2,21,22,24). The van der Waals surface area contributed by atoms with Crippen LogP contribution in [-0.4, -0.2) is 29.1 Å². The van der Waals surface area contributed by atoms with E-state index in [1.165, 1.54) is 36.4 Å². The van der Waals surface area contributed by atoms with Crippen molar-refractivity contribution >= 4 is 43.0 Å². The Kier molecular flexibility index (Phi) is 6.09. The van der Waals surface area contributed by atoms with Gasteiger partial charge in [-0.3, -0.25) is 4.72 Å². The summed E-state index contributed by atoms with van der Waals surface area (Å²) in [4.78, 5) is 12.0. The Hall–Kier alpha value is -3.37. The second kappa shape index (κ2) is 8.56. The van der Waals surface area contributed by atoms with Gasteiger partial charge in [0.05, 0.1) is 15.5 Å². The summed E-state index contributed by atoms with van der Waals surface area (Å²) in [5.74, 6) is 0. The fourth-order valence-electron chi connectivity index (χ4n) is 2.56. The molecule has 0 spiro atoms. The molecule has 3 rings (SSSR count). The number of nitrogens with one attached hydrogen (secondary N) is 3. The van der Waals surface area contributed by atoms with E-state index in [1.54, 1.807) is 36.4 Å². The van der Waals surface area contributed by atoms with Crippen molar-refractivity contribution in [3.8, 4) is 0 Å². The zero-order valence-corrected chi connectivity index (χ0v) is 17.5. The predicted molar refractivity (Wildman–Crippen MR) is 116 cm³/mol. The summed E-state index contributed by atoms with van der Waals surface area (Å²) in [6.45, 7) is 0. The maximum absolute atomic E-state index is 12.6. The number of sulfonamides is 1. The molecule has 0 atom stereocenters. The Morgan fingerprint density at radius 3 is 1.83 bits per heavy atom. The van der Waals surface area contributed by atoms with Crippen LogP contribution in [0.3, 0.4) is 0 Å². The molecule has 3 aromatic carbocycles. The van der Waals surface area contributed by atoms with E-state index in [0.29, 0.717) is 11.4 Å². The van der Waals surface area contributed by atoms with Crippen LogP contribution in [0.5, 0.6) is 0 Å². The first-order valence-electron chi connectivity index (χ1n) is 8.69. The molecule has 0 aromatic heterocycles. The van der Waals surface area contributed by atoms with Gasteiger partial charge in [0.25, 0.3) is 10.0 Å². The van der Waals surface area contributed by atoms with E-state index in [1.807, 2.05) is 6.07 Å². The van der Waals surface area contributed by atoms with Gasteiger partial charge in [-0.05, 0) is 54.6 Å². The van der Waals surface area contributed by atoms with Gasteiger partial charge in [0.1, 0.15) is 0 Å². The SMILES string of the molecule is CS(=O)(=O)c1ccc(S(=O)(=O)Nc2cccc(NC(=O)Nc3ccccc3)c2)cc1. The molecule has 10 heteroatoms. The third kappa shape index (κ3) is 5.58. The first kappa shape index (κ1) is 21.3. The molecule has 0 saturated heterocycles. The topological polar surface area (TPSA) is 121 Å². The molecule has 0 saturated carbocycles. The summed E-state index contributed by atoms with van der Waals surface area (Å²) in [7, 11) is -7.37. The fraction of sp³-hybridized carbons (Fsp3) is 0.0500. The van der Waals surface area contributed by atoms with Crippen LogP contribution in [0, 0.1) is 0 Å². The minimum Gasteiger partial charge on any atom is -0.308 e. The van der Waals surface area contributed by atoms with Crippen molar-refractivity contribution in [1.82, 2.24) is 0 Å². The second-order valence-corrected chi connectivity index (χ2v) is 10.1. The van der Waals surface area contributed by atoms with Gasteiger partial charge < -0.3 is 10.6 Å². The van der Waals surface area contributed by atoms with E-state index < -0.39 is 25.9 Å². The fourth-order valence-corrected chi connectivity index (χ4v) is 4.24. The maximum Gasteiger partial charge on any atom is 0.323 e. The lowest BCUT2D eigenvalue weighted by Crippen LogP contribution is -2.19. The largest absolute Gasteiger partial charge is 0.323 e. The molecule has 0 aliphatic rings. The number of anilines is 3. The lowest BCUT2D eigenvalue weighted by atomic mass is 10.3. The molecule has 30 heavy (non-hydrogen) atoms. The number of amides is 2. The van der Waals surface area contributed by atoms with E-state index in [-0.39, 0.29) is 15.5 Å². The van der Waals surface area contributed by atoms with E-state index >= 15 is 0 Å². The Labute approximate surface area is 174 Å². The van der Waals surface area contributed by atoms with Crippen molar-refractivity contribution in [2.45, 2.75) is 9.79 Å². The molecule has 0 bridgehead atoms. The molecule has 0 aliphatic heterocycles. The van der Waals surface area contributed by atoms with Crippen LogP contribution in [0.4, 0.5) is 21.9 Å². The Balaban J connectivity index is 1.71. The number of urea groups is 1. The Morgan fingerprint density at radius 2 is 1.20 bits per heavy atom. The minimum absolute atomic E-state index is 0.0251. The number of carbonyl (C=O) groups excluding carboxylic acids is 1. The van der Waals surface area contributed by atoms with Gasteiger partial charge in [-0.15, -0.1) is 0 Å². The lowest BCUT2D eigenvalue weighted by molar-refractivity contribution is 0.262. The van der Waals surface area contributed by atoms with E-state index in [9.17, 15) is 21.6 Å². The Bertz CT molecular complexity index is 1260. The molecule has 0 aliphatic carbocycles. The number of benzene rings is 3. The second-order valence-electron chi connectivity index (χ2n) is 6.38. The summed E-state index contributed by atoms with van der Waals surface area (Å²) >= 11 is 0. The van der Waals surface area contributed by atoms with E-state index in [0.717, 1.165) is 6.26 Å². The summed E-state index contributed by atoms with van der Waals surface area (Å²) in [6.07, 6.45) is 1.04. The highest BCUT2D eigenvalue weighted by Gasteiger charge is 2.16. The smallest absolute Gasteiger partial charge is 0.308 e. The quantitative estimate of drug-likeness (QED) is 0.536. The molecular formula is C20H19N3O5S2. The first-order valence-corrected chi connectivity index (χ1v) is 12.1. The molecule has 0 radical (unpaired) electrons. The molecular weight excluding hydrogens is 426 g/mol. The first-order chi connectivity index (χ1) is 14.1. The maximum atomic E-state index is 12.6. The normalized spacial score (nSPS) is 11.5. The highest BCUT2D eigenvalue weighted by atomic mass is 32.2. The zero-order chi connectivity index (χ0) is 21.8. The van der Waals surface area contributed by atoms with Crippen LogP contribution in [0.25, 0.3) is 0 Å². The van der Waals surface area contributed by atoms with Crippen LogP contribution in [0.15, 0.2) is 88.7 Å². The van der Waals surface area contributed by atoms with Crippen molar-refractivity contribution in [1.29, 1.82) is 0 Å². The highest BCUT2D eigenvalue weighted by Crippen LogP contribution is 2.21. The van der Waals surface area contributed by atoms with Crippen LogP contribution in [0.1, 0.15) is 0 Å². The van der Waals surface area contributed by atoms with Crippen LogP contribution >= 0.6 is 0 Å². The average Bonchev–Trinajstić information content (AvgIpc) is 2.68. The summed E-state index contributed by atoms with van der Waals surface area (Å²) in [5.41, 5.74) is 1.24. The zero-order valence-electron chi connectivity index (χ0n) is 15.9. The van der Waals surface area contributed by atoms with E-state index in [2.05, 4.69) is 15.4 Å². The number of carbonyl (C=O) groups is 1.